The van der Waals surface area contributed by atoms with E-state index in [1.807, 2.05) is 12.1 Å². The molecule has 0 bridgehead atoms. The van der Waals surface area contributed by atoms with Crippen LogP contribution in [0.5, 0.6) is 0 Å². The number of nitrogens with one attached hydrogen (secondary N) is 1. The summed E-state index contributed by atoms with van der Waals surface area (Å²) in [5.74, 6) is 0.542. The lowest BCUT2D eigenvalue weighted by Gasteiger charge is -2.34. The molecule has 7 heteroatoms. The third-order valence-electron chi connectivity index (χ3n) is 5.24. The second kappa shape index (κ2) is 8.54. The normalized spacial score (nSPS) is 19.8. The summed E-state index contributed by atoms with van der Waals surface area (Å²) in [7, 11) is 0. The summed E-state index contributed by atoms with van der Waals surface area (Å²) in [5, 5.41) is 3.43. The van der Waals surface area contributed by atoms with E-state index in [4.69, 9.17) is 14.7 Å². The lowest BCUT2D eigenvalue weighted by molar-refractivity contribution is 0.0980. The number of aromatic nitrogens is 2. The Morgan fingerprint density at radius 1 is 1.22 bits per heavy atom. The zero-order valence-corrected chi connectivity index (χ0v) is 16.9. The molecule has 1 aromatic heterocycles. The molecule has 146 valence electrons. The standard InChI is InChI=1S/C20H25FN4O.H2S/c1-13-3-4-15(11-17(13)21)19-16-5-7-22-8-6-18(16)23-20(24-19)25-9-10-26-12-14(25)2;/h3-4,11,14,22H,5-10,12H2,1-2H3;1H2/t14-;/m0./s1. The van der Waals surface area contributed by atoms with Crippen LogP contribution in [-0.4, -0.2) is 48.9 Å². The van der Waals surface area contributed by atoms with Gasteiger partial charge in [0, 0.05) is 30.6 Å². The van der Waals surface area contributed by atoms with Gasteiger partial charge in [-0.15, -0.1) is 0 Å². The van der Waals surface area contributed by atoms with Gasteiger partial charge in [-0.2, -0.15) is 13.5 Å². The Kier molecular flexibility index (Phi) is 6.34. The van der Waals surface area contributed by atoms with Gasteiger partial charge in [0.15, 0.2) is 0 Å². The predicted octanol–water partition coefficient (Wildman–Crippen LogP) is 2.62. The van der Waals surface area contributed by atoms with Gasteiger partial charge in [0.1, 0.15) is 5.82 Å². The van der Waals surface area contributed by atoms with Gasteiger partial charge in [0.25, 0.3) is 0 Å². The number of benzene rings is 1. The van der Waals surface area contributed by atoms with Crippen LogP contribution in [0.25, 0.3) is 11.3 Å². The number of hydrogen-bond acceptors (Lipinski definition) is 5. The van der Waals surface area contributed by atoms with E-state index in [1.54, 1.807) is 13.0 Å². The van der Waals surface area contributed by atoms with Gasteiger partial charge in [-0.05, 0) is 38.4 Å². The summed E-state index contributed by atoms with van der Waals surface area (Å²) in [6, 6.07) is 5.62. The highest BCUT2D eigenvalue weighted by atomic mass is 32.1. The van der Waals surface area contributed by atoms with Crippen molar-refractivity contribution in [2.24, 2.45) is 0 Å². The number of halogens is 1. The highest BCUT2D eigenvalue weighted by molar-refractivity contribution is 7.59. The average Bonchev–Trinajstić information content (AvgIpc) is 2.89. The molecular formula is C20H27FN4OS. The quantitative estimate of drug-likeness (QED) is 0.854. The van der Waals surface area contributed by atoms with Crippen LogP contribution in [0.15, 0.2) is 18.2 Å². The first-order valence-corrected chi connectivity index (χ1v) is 9.35. The van der Waals surface area contributed by atoms with Crippen LogP contribution in [0.3, 0.4) is 0 Å². The first kappa shape index (κ1) is 20.0. The molecule has 0 saturated carbocycles. The maximum atomic E-state index is 14.2. The van der Waals surface area contributed by atoms with Gasteiger partial charge in [-0.1, -0.05) is 12.1 Å². The molecule has 1 N–H and O–H groups in total. The van der Waals surface area contributed by atoms with Gasteiger partial charge in [0.05, 0.1) is 30.6 Å². The Bertz CT molecular complexity index is 817. The molecule has 2 aromatic rings. The molecule has 2 aliphatic heterocycles. The summed E-state index contributed by atoms with van der Waals surface area (Å²) in [6.45, 7) is 7.84. The topological polar surface area (TPSA) is 50.3 Å². The molecule has 1 saturated heterocycles. The minimum Gasteiger partial charge on any atom is -0.377 e. The van der Waals surface area contributed by atoms with E-state index in [9.17, 15) is 4.39 Å². The number of fused-ring (bicyclic) bond motifs is 1. The lowest BCUT2D eigenvalue weighted by Crippen LogP contribution is -2.44. The predicted molar refractivity (Wildman–Crippen MR) is 110 cm³/mol. The van der Waals surface area contributed by atoms with Crippen molar-refractivity contribution in [3.8, 4) is 11.3 Å². The molecule has 3 heterocycles. The Labute approximate surface area is 166 Å². The number of anilines is 1. The van der Waals surface area contributed by atoms with Crippen molar-refractivity contribution in [1.82, 2.24) is 15.3 Å². The van der Waals surface area contributed by atoms with Gasteiger partial charge in [-0.3, -0.25) is 0 Å². The SMILES string of the molecule is Cc1ccc(-c2nc(N3CCOC[C@@H]3C)nc3c2CCNCC3)cc1F.S. The molecule has 1 fully saturated rings. The van der Waals surface area contributed by atoms with Crippen molar-refractivity contribution in [2.45, 2.75) is 32.7 Å². The average molecular weight is 391 g/mol. The monoisotopic (exact) mass is 390 g/mol. The molecule has 0 aliphatic carbocycles. The number of ether oxygens (including phenoxy) is 1. The van der Waals surface area contributed by atoms with E-state index in [-0.39, 0.29) is 25.4 Å². The minimum absolute atomic E-state index is 0. The second-order valence-electron chi connectivity index (χ2n) is 7.13. The summed E-state index contributed by atoms with van der Waals surface area (Å²) >= 11 is 0. The number of morpholine rings is 1. The van der Waals surface area contributed by atoms with Gasteiger partial charge in [0.2, 0.25) is 5.95 Å². The Balaban J connectivity index is 0.00000210. The molecule has 0 radical (unpaired) electrons. The smallest absolute Gasteiger partial charge is 0.226 e. The van der Waals surface area contributed by atoms with Crippen molar-refractivity contribution in [3.05, 3.63) is 40.8 Å². The number of aryl methyl sites for hydroxylation is 1. The van der Waals surface area contributed by atoms with E-state index in [0.29, 0.717) is 18.8 Å². The van der Waals surface area contributed by atoms with Crippen LogP contribution in [0, 0.1) is 12.7 Å². The van der Waals surface area contributed by atoms with Crippen LogP contribution >= 0.6 is 13.5 Å². The zero-order chi connectivity index (χ0) is 18.1. The summed E-state index contributed by atoms with van der Waals surface area (Å²) in [6.07, 6.45) is 1.73. The molecule has 2 aliphatic rings. The largest absolute Gasteiger partial charge is 0.377 e. The summed E-state index contributed by atoms with van der Waals surface area (Å²) < 4.78 is 19.8. The Morgan fingerprint density at radius 3 is 2.81 bits per heavy atom. The van der Waals surface area contributed by atoms with E-state index >= 15 is 0 Å². The van der Waals surface area contributed by atoms with Crippen LogP contribution < -0.4 is 10.2 Å². The zero-order valence-electron chi connectivity index (χ0n) is 15.9. The molecule has 5 nitrogen and oxygen atoms in total. The van der Waals surface area contributed by atoms with E-state index in [2.05, 4.69) is 17.1 Å². The molecular weight excluding hydrogens is 363 g/mol. The first-order chi connectivity index (χ1) is 12.6. The van der Waals surface area contributed by atoms with E-state index in [0.717, 1.165) is 60.9 Å². The van der Waals surface area contributed by atoms with Crippen LogP contribution in [-0.2, 0) is 17.6 Å². The van der Waals surface area contributed by atoms with Gasteiger partial charge >= 0.3 is 0 Å². The fourth-order valence-corrected chi connectivity index (χ4v) is 3.66. The van der Waals surface area contributed by atoms with Gasteiger partial charge < -0.3 is 15.0 Å². The Morgan fingerprint density at radius 2 is 2.04 bits per heavy atom. The fraction of sp³-hybridized carbons (Fsp3) is 0.500. The third-order valence-corrected chi connectivity index (χ3v) is 5.24. The maximum absolute atomic E-state index is 14.2. The van der Waals surface area contributed by atoms with Crippen molar-refractivity contribution >= 4 is 19.4 Å². The fourth-order valence-electron chi connectivity index (χ4n) is 3.66. The Hall–Kier alpha value is -1.70. The molecule has 1 aromatic carbocycles. The van der Waals surface area contributed by atoms with Crippen molar-refractivity contribution in [2.75, 3.05) is 37.7 Å². The third kappa shape index (κ3) is 4.10. The molecule has 27 heavy (non-hydrogen) atoms. The van der Waals surface area contributed by atoms with E-state index < -0.39 is 0 Å². The molecule has 0 amide bonds. The molecule has 0 unspecified atom stereocenters. The van der Waals surface area contributed by atoms with Crippen LogP contribution in [0.2, 0.25) is 0 Å². The van der Waals surface area contributed by atoms with Crippen molar-refractivity contribution in [3.63, 3.8) is 0 Å². The van der Waals surface area contributed by atoms with Crippen LogP contribution in [0.4, 0.5) is 10.3 Å². The molecule has 1 atom stereocenters. The molecule has 4 rings (SSSR count). The first-order valence-electron chi connectivity index (χ1n) is 9.35. The summed E-state index contributed by atoms with van der Waals surface area (Å²) in [5.41, 5.74) is 4.57. The van der Waals surface area contributed by atoms with Crippen molar-refractivity contribution < 1.29 is 9.13 Å². The van der Waals surface area contributed by atoms with E-state index in [1.165, 1.54) is 0 Å². The van der Waals surface area contributed by atoms with Crippen LogP contribution in [0.1, 0.15) is 23.7 Å². The molecule has 0 spiro atoms. The number of nitrogens with zero attached hydrogens (tertiary/aromatic N) is 3. The highest BCUT2D eigenvalue weighted by Crippen LogP contribution is 2.30. The number of rotatable bonds is 2. The maximum Gasteiger partial charge on any atom is 0.226 e. The van der Waals surface area contributed by atoms with Gasteiger partial charge in [-0.25, -0.2) is 14.4 Å². The second-order valence-corrected chi connectivity index (χ2v) is 7.13. The summed E-state index contributed by atoms with van der Waals surface area (Å²) in [4.78, 5) is 12.0. The number of hydrogen-bond donors (Lipinski definition) is 1. The van der Waals surface area contributed by atoms with Crippen molar-refractivity contribution in [1.29, 1.82) is 0 Å². The lowest BCUT2D eigenvalue weighted by atomic mass is 10.00. The highest BCUT2D eigenvalue weighted by Gasteiger charge is 2.25. The minimum atomic E-state index is -0.192.